The maximum Gasteiger partial charge on any atom is -0.0256 e. The Morgan fingerprint density at radius 3 is 2.09 bits per heavy atom. The second kappa shape index (κ2) is 5.20. The third-order valence-electron chi connectivity index (χ3n) is 1.49. The Kier molecular flexibility index (Phi) is 4.97. The fourth-order valence-electron chi connectivity index (χ4n) is 1.09. The first-order valence-electron chi connectivity index (χ1n) is 3.83. The van der Waals surface area contributed by atoms with E-state index in [2.05, 4.69) is 44.2 Å². The highest BCUT2D eigenvalue weighted by molar-refractivity contribution is 5.85. The van der Waals surface area contributed by atoms with E-state index >= 15 is 0 Å². The zero-order valence-electron chi connectivity index (χ0n) is 7.08. The summed E-state index contributed by atoms with van der Waals surface area (Å²) in [6, 6.07) is 10.6. The van der Waals surface area contributed by atoms with Gasteiger partial charge in [-0.1, -0.05) is 44.2 Å². The monoisotopic (exact) mass is 170 g/mol. The van der Waals surface area contributed by atoms with Gasteiger partial charge in [-0.15, -0.1) is 12.4 Å². The van der Waals surface area contributed by atoms with Gasteiger partial charge in [-0.25, -0.2) is 0 Å². The average Bonchev–Trinajstić information content (AvgIpc) is 1.88. The van der Waals surface area contributed by atoms with Crippen LogP contribution >= 0.6 is 12.4 Å². The smallest absolute Gasteiger partial charge is 0.0256 e. The number of halogens is 1. The van der Waals surface area contributed by atoms with Crippen LogP contribution in [0, 0.1) is 5.92 Å². The third-order valence-corrected chi connectivity index (χ3v) is 1.49. The molecule has 0 heterocycles. The van der Waals surface area contributed by atoms with Crippen LogP contribution in [0.5, 0.6) is 0 Å². The van der Waals surface area contributed by atoms with Crippen molar-refractivity contribution in [1.82, 2.24) is 0 Å². The molecule has 0 aromatic heterocycles. The van der Waals surface area contributed by atoms with Crippen molar-refractivity contribution in [3.05, 3.63) is 35.9 Å². The lowest BCUT2D eigenvalue weighted by Gasteiger charge is -2.02. The molecule has 0 amide bonds. The lowest BCUT2D eigenvalue weighted by molar-refractivity contribution is 0.647. The molecule has 0 nitrogen and oxygen atoms in total. The van der Waals surface area contributed by atoms with Crippen LogP contribution in [0.2, 0.25) is 0 Å². The largest absolute Gasteiger partial charge is 0.147 e. The number of rotatable bonds is 2. The van der Waals surface area contributed by atoms with Gasteiger partial charge in [0.15, 0.2) is 0 Å². The van der Waals surface area contributed by atoms with Crippen molar-refractivity contribution < 1.29 is 0 Å². The summed E-state index contributed by atoms with van der Waals surface area (Å²) in [5, 5.41) is 0. The zero-order valence-corrected chi connectivity index (χ0v) is 7.90. The minimum absolute atomic E-state index is 0. The summed E-state index contributed by atoms with van der Waals surface area (Å²) in [6.07, 6.45) is 1.20. The van der Waals surface area contributed by atoms with E-state index in [4.69, 9.17) is 0 Å². The first-order valence-corrected chi connectivity index (χ1v) is 3.83. The Hall–Kier alpha value is -0.490. The van der Waals surface area contributed by atoms with Crippen LogP contribution in [0.25, 0.3) is 0 Å². The fraction of sp³-hybridized carbons (Fsp3) is 0.400. The Bertz CT molecular complexity index is 179. The van der Waals surface area contributed by atoms with Gasteiger partial charge in [-0.3, -0.25) is 0 Å². The molecule has 1 heteroatoms. The first-order chi connectivity index (χ1) is 4.79. The van der Waals surface area contributed by atoms with Crippen molar-refractivity contribution in [2.75, 3.05) is 0 Å². The van der Waals surface area contributed by atoms with Crippen molar-refractivity contribution >= 4 is 12.4 Å². The fourth-order valence-corrected chi connectivity index (χ4v) is 1.09. The van der Waals surface area contributed by atoms with Gasteiger partial charge < -0.3 is 0 Å². The third kappa shape index (κ3) is 4.05. The summed E-state index contributed by atoms with van der Waals surface area (Å²) in [7, 11) is 0. The van der Waals surface area contributed by atoms with E-state index in [-0.39, 0.29) is 12.4 Å². The van der Waals surface area contributed by atoms with Crippen LogP contribution in [0.1, 0.15) is 19.4 Å². The Balaban J connectivity index is 0.000001000. The highest BCUT2D eigenvalue weighted by Gasteiger charge is 1.94. The van der Waals surface area contributed by atoms with Crippen LogP contribution in [0.4, 0.5) is 0 Å². The minimum Gasteiger partial charge on any atom is -0.147 e. The van der Waals surface area contributed by atoms with Crippen LogP contribution < -0.4 is 0 Å². The standard InChI is InChI=1S/C10H14.ClH/c1-9(2)8-10-6-4-3-5-7-10;/h3-7,9H,8H2,1-2H3;1H. The Morgan fingerprint density at radius 1 is 1.09 bits per heavy atom. The predicted molar refractivity (Wildman–Crippen MR) is 52.2 cm³/mol. The van der Waals surface area contributed by atoms with E-state index in [9.17, 15) is 0 Å². The highest BCUT2D eigenvalue weighted by Crippen LogP contribution is 2.05. The summed E-state index contributed by atoms with van der Waals surface area (Å²) in [4.78, 5) is 0. The van der Waals surface area contributed by atoms with Gasteiger partial charge in [0.2, 0.25) is 0 Å². The molecule has 0 saturated carbocycles. The van der Waals surface area contributed by atoms with Gasteiger partial charge in [-0.2, -0.15) is 0 Å². The summed E-state index contributed by atoms with van der Waals surface area (Å²) >= 11 is 0. The molecule has 0 spiro atoms. The molecule has 0 bridgehead atoms. The number of benzene rings is 1. The van der Waals surface area contributed by atoms with Gasteiger partial charge in [0, 0.05) is 0 Å². The molecule has 11 heavy (non-hydrogen) atoms. The van der Waals surface area contributed by atoms with Gasteiger partial charge in [-0.05, 0) is 17.9 Å². The van der Waals surface area contributed by atoms with Crippen LogP contribution in [-0.4, -0.2) is 0 Å². The summed E-state index contributed by atoms with van der Waals surface area (Å²) in [6.45, 7) is 4.49. The van der Waals surface area contributed by atoms with E-state index in [1.807, 2.05) is 0 Å². The van der Waals surface area contributed by atoms with E-state index in [1.165, 1.54) is 12.0 Å². The van der Waals surface area contributed by atoms with Crippen molar-refractivity contribution in [3.63, 3.8) is 0 Å². The molecule has 0 aliphatic carbocycles. The highest BCUT2D eigenvalue weighted by atomic mass is 35.5. The molecule has 1 rings (SSSR count). The molecular formula is C10H15Cl. The molecule has 0 atom stereocenters. The molecule has 62 valence electrons. The van der Waals surface area contributed by atoms with Gasteiger partial charge in [0.1, 0.15) is 0 Å². The molecule has 1 aromatic carbocycles. The van der Waals surface area contributed by atoms with Crippen molar-refractivity contribution in [2.45, 2.75) is 20.3 Å². The van der Waals surface area contributed by atoms with Crippen molar-refractivity contribution in [1.29, 1.82) is 0 Å². The maximum atomic E-state index is 2.24. The summed E-state index contributed by atoms with van der Waals surface area (Å²) in [5.41, 5.74) is 1.44. The lowest BCUT2D eigenvalue weighted by Crippen LogP contribution is -1.92. The van der Waals surface area contributed by atoms with Gasteiger partial charge in [0.25, 0.3) is 0 Å². The van der Waals surface area contributed by atoms with Gasteiger partial charge >= 0.3 is 0 Å². The summed E-state index contributed by atoms with van der Waals surface area (Å²) < 4.78 is 0. The molecule has 0 saturated heterocycles. The molecular weight excluding hydrogens is 156 g/mol. The van der Waals surface area contributed by atoms with Crippen molar-refractivity contribution in [2.24, 2.45) is 5.92 Å². The SMILES string of the molecule is CC(C)Cc1ccccc1.Cl. The Labute approximate surface area is 75.0 Å². The van der Waals surface area contributed by atoms with Crippen LogP contribution in [-0.2, 0) is 6.42 Å². The topological polar surface area (TPSA) is 0 Å². The van der Waals surface area contributed by atoms with Crippen LogP contribution in [0.3, 0.4) is 0 Å². The average molecular weight is 171 g/mol. The van der Waals surface area contributed by atoms with Crippen LogP contribution in [0.15, 0.2) is 30.3 Å². The minimum atomic E-state index is 0. The number of hydrogen-bond donors (Lipinski definition) is 0. The number of hydrogen-bond acceptors (Lipinski definition) is 0. The maximum absolute atomic E-state index is 2.24. The molecule has 0 aliphatic rings. The van der Waals surface area contributed by atoms with Crippen molar-refractivity contribution in [3.8, 4) is 0 Å². The summed E-state index contributed by atoms with van der Waals surface area (Å²) in [5.74, 6) is 0.766. The van der Waals surface area contributed by atoms with E-state index in [0.29, 0.717) is 0 Å². The van der Waals surface area contributed by atoms with Gasteiger partial charge in [0.05, 0.1) is 0 Å². The molecule has 0 radical (unpaired) electrons. The zero-order chi connectivity index (χ0) is 7.40. The molecule has 0 N–H and O–H groups in total. The normalized spacial score (nSPS) is 9.36. The molecule has 0 unspecified atom stereocenters. The lowest BCUT2D eigenvalue weighted by atomic mass is 10.0. The van der Waals surface area contributed by atoms with E-state index in [0.717, 1.165) is 5.92 Å². The second-order valence-electron chi connectivity index (χ2n) is 3.08. The molecule has 0 aliphatic heterocycles. The molecule has 1 aromatic rings. The van der Waals surface area contributed by atoms with E-state index in [1.54, 1.807) is 0 Å². The quantitative estimate of drug-likeness (QED) is 0.639. The Morgan fingerprint density at radius 2 is 1.64 bits per heavy atom. The van der Waals surface area contributed by atoms with E-state index < -0.39 is 0 Å². The second-order valence-corrected chi connectivity index (χ2v) is 3.08. The first kappa shape index (κ1) is 10.5. The predicted octanol–water partition coefficient (Wildman–Crippen LogP) is 3.31. The molecule has 0 fully saturated rings.